The summed E-state index contributed by atoms with van der Waals surface area (Å²) in [4.78, 5) is 24.1. The molecule has 1 aliphatic heterocycles. The van der Waals surface area contributed by atoms with Gasteiger partial charge >= 0.3 is 5.97 Å². The first-order valence-electron chi connectivity index (χ1n) is 7.28. The zero-order valence-corrected chi connectivity index (χ0v) is 12.7. The van der Waals surface area contributed by atoms with E-state index in [4.69, 9.17) is 18.6 Å². The van der Waals surface area contributed by atoms with Crippen molar-refractivity contribution in [3.8, 4) is 28.6 Å². The fraction of sp³-hybridized carbons (Fsp3) is 0.111. The van der Waals surface area contributed by atoms with Crippen molar-refractivity contribution < 1.29 is 23.4 Å². The Balaban J connectivity index is 1.99. The highest BCUT2D eigenvalue weighted by atomic mass is 16.7. The fourth-order valence-corrected chi connectivity index (χ4v) is 2.59. The number of fused-ring (bicyclic) bond motifs is 2. The zero-order valence-electron chi connectivity index (χ0n) is 12.7. The van der Waals surface area contributed by atoms with Crippen LogP contribution < -0.4 is 19.6 Å². The highest BCUT2D eigenvalue weighted by Gasteiger charge is 2.21. The predicted molar refractivity (Wildman–Crippen MR) is 85.4 cm³/mol. The molecule has 0 bridgehead atoms. The van der Waals surface area contributed by atoms with Gasteiger partial charge in [0.05, 0.1) is 5.39 Å². The molecule has 2 aromatic carbocycles. The molecule has 4 rings (SSSR count). The van der Waals surface area contributed by atoms with Crippen molar-refractivity contribution in [2.24, 2.45) is 0 Å². The van der Waals surface area contributed by atoms with Crippen LogP contribution in [0.25, 0.3) is 22.3 Å². The van der Waals surface area contributed by atoms with Gasteiger partial charge in [0.2, 0.25) is 18.0 Å². The average molecular weight is 324 g/mol. The van der Waals surface area contributed by atoms with Gasteiger partial charge in [0.1, 0.15) is 5.58 Å². The molecule has 120 valence electrons. The van der Waals surface area contributed by atoms with E-state index in [1.165, 1.54) is 6.92 Å². The van der Waals surface area contributed by atoms with Crippen molar-refractivity contribution >= 4 is 16.9 Å². The van der Waals surface area contributed by atoms with E-state index in [9.17, 15) is 9.59 Å². The first-order valence-corrected chi connectivity index (χ1v) is 7.28. The van der Waals surface area contributed by atoms with Gasteiger partial charge in [0, 0.05) is 12.5 Å². The lowest BCUT2D eigenvalue weighted by molar-refractivity contribution is -0.131. The van der Waals surface area contributed by atoms with Gasteiger partial charge in [-0.15, -0.1) is 0 Å². The maximum atomic E-state index is 12.7. The van der Waals surface area contributed by atoms with Crippen LogP contribution in [0.4, 0.5) is 0 Å². The summed E-state index contributed by atoms with van der Waals surface area (Å²) in [5, 5.41) is 0.346. The van der Waals surface area contributed by atoms with E-state index in [1.54, 1.807) is 42.5 Å². The van der Waals surface area contributed by atoms with Crippen LogP contribution in [0.1, 0.15) is 6.92 Å². The fourth-order valence-electron chi connectivity index (χ4n) is 2.59. The highest BCUT2D eigenvalue weighted by Crippen LogP contribution is 2.38. The molecule has 0 aliphatic carbocycles. The quantitative estimate of drug-likeness (QED) is 0.674. The molecule has 0 spiro atoms. The van der Waals surface area contributed by atoms with Gasteiger partial charge in [-0.1, -0.05) is 12.1 Å². The molecule has 0 atom stereocenters. The monoisotopic (exact) mass is 324 g/mol. The Bertz CT molecular complexity index is 1020. The van der Waals surface area contributed by atoms with Crippen molar-refractivity contribution in [3.05, 3.63) is 52.7 Å². The lowest BCUT2D eigenvalue weighted by Gasteiger charge is -2.10. The summed E-state index contributed by atoms with van der Waals surface area (Å²) in [7, 11) is 0. The Hall–Kier alpha value is -3.28. The number of hydrogen-bond acceptors (Lipinski definition) is 6. The SMILES string of the molecule is CC(=O)Oc1c(-c2ccc3c(c2)OCO3)oc2ccccc2c1=O. The second-order valence-corrected chi connectivity index (χ2v) is 5.25. The minimum Gasteiger partial charge on any atom is -0.454 e. The topological polar surface area (TPSA) is 75.0 Å². The van der Waals surface area contributed by atoms with Gasteiger partial charge in [-0.05, 0) is 30.3 Å². The first-order chi connectivity index (χ1) is 11.6. The lowest BCUT2D eigenvalue weighted by Crippen LogP contribution is -2.13. The molecule has 0 amide bonds. The van der Waals surface area contributed by atoms with Crippen LogP contribution in [0.2, 0.25) is 0 Å². The Morgan fingerprint density at radius 1 is 1.08 bits per heavy atom. The van der Waals surface area contributed by atoms with Crippen molar-refractivity contribution in [1.82, 2.24) is 0 Å². The number of esters is 1. The predicted octanol–water partition coefficient (Wildman–Crippen LogP) is 3.11. The molecule has 6 nitrogen and oxygen atoms in total. The van der Waals surface area contributed by atoms with Gasteiger partial charge in [-0.2, -0.15) is 0 Å². The molecule has 0 radical (unpaired) electrons. The molecule has 24 heavy (non-hydrogen) atoms. The van der Waals surface area contributed by atoms with Crippen molar-refractivity contribution in [2.75, 3.05) is 6.79 Å². The number of ether oxygens (including phenoxy) is 3. The number of hydrogen-bond donors (Lipinski definition) is 0. The molecule has 2 heterocycles. The Morgan fingerprint density at radius 3 is 2.71 bits per heavy atom. The molecular formula is C18H12O6. The molecule has 0 unspecified atom stereocenters. The molecule has 6 heteroatoms. The Kier molecular flexibility index (Phi) is 3.23. The summed E-state index contributed by atoms with van der Waals surface area (Å²) in [6.45, 7) is 1.37. The van der Waals surface area contributed by atoms with Gasteiger partial charge in [-0.3, -0.25) is 9.59 Å². The minimum atomic E-state index is -0.598. The molecule has 0 saturated heterocycles. The summed E-state index contributed by atoms with van der Waals surface area (Å²) in [6.07, 6.45) is 0. The first kappa shape index (κ1) is 14.3. The van der Waals surface area contributed by atoms with Crippen LogP contribution in [0.3, 0.4) is 0 Å². The van der Waals surface area contributed by atoms with E-state index in [2.05, 4.69) is 0 Å². The number of rotatable bonds is 2. The van der Waals surface area contributed by atoms with Crippen LogP contribution >= 0.6 is 0 Å². The van der Waals surface area contributed by atoms with Crippen molar-refractivity contribution in [2.45, 2.75) is 6.92 Å². The van der Waals surface area contributed by atoms with Crippen LogP contribution in [0.15, 0.2) is 51.7 Å². The van der Waals surface area contributed by atoms with E-state index in [0.29, 0.717) is 28.0 Å². The summed E-state index contributed by atoms with van der Waals surface area (Å²) in [5.74, 6) is 0.583. The molecule has 0 N–H and O–H groups in total. The summed E-state index contributed by atoms with van der Waals surface area (Å²) in [5.41, 5.74) is 0.559. The van der Waals surface area contributed by atoms with Crippen LogP contribution in [-0.4, -0.2) is 12.8 Å². The van der Waals surface area contributed by atoms with Crippen LogP contribution in [0, 0.1) is 0 Å². The number of para-hydroxylation sites is 1. The average Bonchev–Trinajstić information content (AvgIpc) is 3.04. The maximum absolute atomic E-state index is 12.7. The van der Waals surface area contributed by atoms with E-state index in [0.717, 1.165) is 0 Å². The van der Waals surface area contributed by atoms with Gasteiger partial charge in [0.25, 0.3) is 0 Å². The third kappa shape index (κ3) is 2.28. The smallest absolute Gasteiger partial charge is 0.308 e. The van der Waals surface area contributed by atoms with Gasteiger partial charge in [-0.25, -0.2) is 0 Å². The highest BCUT2D eigenvalue weighted by molar-refractivity contribution is 5.84. The number of carbonyl (C=O) groups excluding carboxylic acids is 1. The molecular weight excluding hydrogens is 312 g/mol. The van der Waals surface area contributed by atoms with Crippen LogP contribution in [0.5, 0.6) is 17.2 Å². The molecule has 3 aromatic rings. The summed E-state index contributed by atoms with van der Waals surface area (Å²) < 4.78 is 21.6. The molecule has 0 saturated carbocycles. The largest absolute Gasteiger partial charge is 0.454 e. The standard InChI is InChI=1S/C18H12O6/c1-10(19)23-18-16(20)12-4-2-3-5-13(12)24-17(18)11-6-7-14-15(8-11)22-9-21-14/h2-8H,9H2,1H3. The van der Waals surface area contributed by atoms with Crippen molar-refractivity contribution in [1.29, 1.82) is 0 Å². The third-order valence-corrected chi connectivity index (χ3v) is 3.64. The molecule has 1 aliphatic rings. The van der Waals surface area contributed by atoms with E-state index < -0.39 is 11.4 Å². The Labute approximate surface area is 136 Å². The normalized spacial score (nSPS) is 12.4. The van der Waals surface area contributed by atoms with Crippen molar-refractivity contribution in [3.63, 3.8) is 0 Å². The molecule has 1 aromatic heterocycles. The summed E-state index contributed by atoms with van der Waals surface area (Å²) in [6, 6.07) is 11.9. The zero-order chi connectivity index (χ0) is 16.7. The number of carbonyl (C=O) groups is 1. The van der Waals surface area contributed by atoms with E-state index >= 15 is 0 Å². The minimum absolute atomic E-state index is 0.136. The molecule has 0 fully saturated rings. The van der Waals surface area contributed by atoms with E-state index in [-0.39, 0.29) is 18.3 Å². The number of benzene rings is 2. The summed E-state index contributed by atoms with van der Waals surface area (Å²) >= 11 is 0. The second-order valence-electron chi connectivity index (χ2n) is 5.25. The van der Waals surface area contributed by atoms with E-state index in [1.807, 2.05) is 0 Å². The maximum Gasteiger partial charge on any atom is 0.308 e. The third-order valence-electron chi connectivity index (χ3n) is 3.64. The van der Waals surface area contributed by atoms with Gasteiger partial charge < -0.3 is 18.6 Å². The lowest BCUT2D eigenvalue weighted by atomic mass is 10.1. The van der Waals surface area contributed by atoms with Crippen LogP contribution in [-0.2, 0) is 4.79 Å². The second kappa shape index (κ2) is 5.42. The Morgan fingerprint density at radius 2 is 1.88 bits per heavy atom. The van der Waals surface area contributed by atoms with Gasteiger partial charge in [0.15, 0.2) is 17.3 Å².